The first-order chi connectivity index (χ1) is 9.20. The van der Waals surface area contributed by atoms with Crippen LogP contribution >= 0.6 is 0 Å². The van der Waals surface area contributed by atoms with Gasteiger partial charge < -0.3 is 0 Å². The van der Waals surface area contributed by atoms with Crippen LogP contribution in [0, 0.1) is 6.92 Å². The van der Waals surface area contributed by atoms with Crippen molar-refractivity contribution >= 4 is 11.0 Å². The summed E-state index contributed by atoms with van der Waals surface area (Å²) in [7, 11) is -2.17. The number of hydrogen-bond acceptors (Lipinski definition) is 1. The summed E-state index contributed by atoms with van der Waals surface area (Å²) in [4.78, 5) is -0.111. The summed E-state index contributed by atoms with van der Waals surface area (Å²) in [5, 5.41) is 0. The predicted octanol–water partition coefficient (Wildman–Crippen LogP) is 4.13. The van der Waals surface area contributed by atoms with Crippen molar-refractivity contribution in [1.29, 1.82) is 0 Å². The molecule has 0 aliphatic rings. The number of rotatable bonds is 4. The highest BCUT2D eigenvalue weighted by Crippen LogP contribution is 2.24. The molecule has 0 amide bonds. The molecule has 0 heterocycles. The first kappa shape index (κ1) is 19.0. The van der Waals surface area contributed by atoms with E-state index >= 15 is 0 Å². The van der Waals surface area contributed by atoms with Crippen molar-refractivity contribution < 1.29 is 26.2 Å². The fourth-order valence-electron chi connectivity index (χ4n) is 1.20. The third kappa shape index (κ3) is 6.42. The summed E-state index contributed by atoms with van der Waals surface area (Å²) in [5.41, 5.74) is -0.0452. The molecule has 0 aliphatic heterocycles. The number of hydrogen-bond donors (Lipinski definition) is 1. The molecule has 2 nitrogen and oxygen atoms in total. The highest BCUT2D eigenvalue weighted by molar-refractivity contribution is 7.83. The molecular weight excluding hydrogens is 301 g/mol. The highest BCUT2D eigenvalue weighted by Gasteiger charge is 2.27. The number of benzene rings is 1. The van der Waals surface area contributed by atoms with E-state index in [0.717, 1.165) is 6.07 Å². The summed E-state index contributed by atoms with van der Waals surface area (Å²) >= 11 is 0. The fourth-order valence-corrected chi connectivity index (χ4v) is 2.09. The Kier molecular flexibility index (Phi) is 7.88. The minimum Gasteiger partial charge on any atom is -0.238 e. The molecule has 0 saturated carbocycles. The van der Waals surface area contributed by atoms with Crippen LogP contribution in [0.5, 0.6) is 0 Å². The van der Waals surface area contributed by atoms with E-state index in [1.807, 2.05) is 13.8 Å². The molecule has 116 valence electrons. The SMILES string of the molecule is CC.Cc1ccc(S(=O)NCC(F)(F)F)cc1C(F)F. The average Bonchev–Trinajstić information content (AvgIpc) is 2.37. The van der Waals surface area contributed by atoms with E-state index in [4.69, 9.17) is 0 Å². The number of halogens is 5. The lowest BCUT2D eigenvalue weighted by Gasteiger charge is -2.10. The minimum atomic E-state index is -4.51. The van der Waals surface area contributed by atoms with E-state index in [1.165, 1.54) is 19.1 Å². The van der Waals surface area contributed by atoms with Gasteiger partial charge in [0, 0.05) is 5.56 Å². The normalized spacial score (nSPS) is 12.8. The third-order valence-corrected chi connectivity index (χ3v) is 3.19. The Bertz CT molecular complexity index is 448. The van der Waals surface area contributed by atoms with Crippen LogP contribution < -0.4 is 4.72 Å². The molecule has 0 fully saturated rings. The van der Waals surface area contributed by atoms with E-state index in [9.17, 15) is 26.2 Å². The quantitative estimate of drug-likeness (QED) is 0.831. The molecule has 1 unspecified atom stereocenters. The molecule has 0 aliphatic carbocycles. The minimum absolute atomic E-state index is 0.111. The topological polar surface area (TPSA) is 29.1 Å². The molecule has 8 heteroatoms. The molecule has 0 aromatic heterocycles. The van der Waals surface area contributed by atoms with E-state index < -0.39 is 30.1 Å². The first-order valence-electron chi connectivity index (χ1n) is 5.81. The van der Waals surface area contributed by atoms with Gasteiger partial charge in [-0.15, -0.1) is 0 Å². The van der Waals surface area contributed by atoms with Gasteiger partial charge in [-0.3, -0.25) is 0 Å². The molecule has 1 aromatic carbocycles. The van der Waals surface area contributed by atoms with Crippen molar-refractivity contribution in [1.82, 2.24) is 4.72 Å². The van der Waals surface area contributed by atoms with Gasteiger partial charge in [0.1, 0.15) is 17.5 Å². The molecule has 1 atom stereocenters. The van der Waals surface area contributed by atoms with Crippen LogP contribution in [-0.2, 0) is 11.0 Å². The Morgan fingerprint density at radius 1 is 1.25 bits per heavy atom. The van der Waals surface area contributed by atoms with Crippen molar-refractivity contribution in [2.45, 2.75) is 38.3 Å². The smallest absolute Gasteiger partial charge is 0.238 e. The monoisotopic (exact) mass is 317 g/mol. The molecule has 1 N–H and O–H groups in total. The fraction of sp³-hybridized carbons (Fsp3) is 0.500. The molecule has 20 heavy (non-hydrogen) atoms. The first-order valence-corrected chi connectivity index (χ1v) is 6.96. The lowest BCUT2D eigenvalue weighted by atomic mass is 10.1. The van der Waals surface area contributed by atoms with Crippen LogP contribution in [0.2, 0.25) is 0 Å². The van der Waals surface area contributed by atoms with Crippen LogP contribution in [0.1, 0.15) is 31.4 Å². The molecule has 0 spiro atoms. The van der Waals surface area contributed by atoms with Crippen molar-refractivity contribution in [3.8, 4) is 0 Å². The van der Waals surface area contributed by atoms with Crippen molar-refractivity contribution in [3.63, 3.8) is 0 Å². The maximum atomic E-state index is 12.5. The van der Waals surface area contributed by atoms with Crippen LogP contribution in [0.15, 0.2) is 23.1 Å². The maximum Gasteiger partial charge on any atom is 0.402 e. The van der Waals surface area contributed by atoms with Crippen LogP contribution in [0.3, 0.4) is 0 Å². The standard InChI is InChI=1S/C10H10F5NOS.C2H6/c1-6-2-3-7(4-8(6)9(11)12)18(17)16-5-10(13,14)15;1-2/h2-4,9,16H,5H2,1H3;1-2H3. The van der Waals surface area contributed by atoms with Gasteiger partial charge in [0.15, 0.2) is 0 Å². The van der Waals surface area contributed by atoms with E-state index in [1.54, 1.807) is 4.72 Å². The molecule has 0 bridgehead atoms. The molecule has 0 saturated heterocycles. The second kappa shape index (κ2) is 8.31. The van der Waals surface area contributed by atoms with Gasteiger partial charge in [0.2, 0.25) is 0 Å². The molecular formula is C12H16F5NOS. The Labute approximate surface area is 117 Å². The van der Waals surface area contributed by atoms with Crippen molar-refractivity contribution in [2.75, 3.05) is 6.54 Å². The Balaban J connectivity index is 0.00000172. The van der Waals surface area contributed by atoms with Gasteiger partial charge >= 0.3 is 6.18 Å². The average molecular weight is 317 g/mol. The zero-order valence-corrected chi connectivity index (χ0v) is 12.0. The third-order valence-electron chi connectivity index (χ3n) is 2.10. The summed E-state index contributed by atoms with van der Waals surface area (Å²) in [6.07, 6.45) is -7.27. The highest BCUT2D eigenvalue weighted by atomic mass is 32.2. The number of aryl methyl sites for hydroxylation is 1. The van der Waals surface area contributed by atoms with Crippen LogP contribution in [0.25, 0.3) is 0 Å². The summed E-state index contributed by atoms with van der Waals surface area (Å²) in [6.45, 7) is 3.99. The maximum absolute atomic E-state index is 12.5. The number of alkyl halides is 5. The lowest BCUT2D eigenvalue weighted by Crippen LogP contribution is -2.30. The van der Waals surface area contributed by atoms with Crippen LogP contribution in [-0.4, -0.2) is 16.9 Å². The lowest BCUT2D eigenvalue weighted by molar-refractivity contribution is -0.121. The van der Waals surface area contributed by atoms with Crippen molar-refractivity contribution in [2.24, 2.45) is 0 Å². The van der Waals surface area contributed by atoms with Crippen LogP contribution in [0.4, 0.5) is 22.0 Å². The molecule has 1 rings (SSSR count). The Morgan fingerprint density at radius 2 is 1.80 bits per heavy atom. The zero-order chi connectivity index (χ0) is 15.9. The van der Waals surface area contributed by atoms with Gasteiger partial charge in [-0.25, -0.2) is 17.7 Å². The molecule has 0 radical (unpaired) electrons. The van der Waals surface area contributed by atoms with E-state index in [0.29, 0.717) is 5.56 Å². The van der Waals surface area contributed by atoms with E-state index in [-0.39, 0.29) is 10.5 Å². The summed E-state index contributed by atoms with van der Waals surface area (Å²) < 4.78 is 73.9. The Hall–Kier alpha value is -1.02. The molecule has 1 aromatic rings. The second-order valence-electron chi connectivity index (χ2n) is 3.52. The zero-order valence-electron chi connectivity index (χ0n) is 11.2. The Morgan fingerprint density at radius 3 is 2.25 bits per heavy atom. The predicted molar refractivity (Wildman–Crippen MR) is 68.0 cm³/mol. The largest absolute Gasteiger partial charge is 0.402 e. The second-order valence-corrected chi connectivity index (χ2v) is 4.82. The van der Waals surface area contributed by atoms with Gasteiger partial charge in [-0.1, -0.05) is 19.9 Å². The van der Waals surface area contributed by atoms with Gasteiger partial charge in [0.05, 0.1) is 4.90 Å². The van der Waals surface area contributed by atoms with Gasteiger partial charge in [-0.05, 0) is 24.6 Å². The van der Waals surface area contributed by atoms with Gasteiger partial charge in [-0.2, -0.15) is 13.2 Å². The summed E-state index contributed by atoms with van der Waals surface area (Å²) in [6, 6.07) is 3.49. The van der Waals surface area contributed by atoms with Crippen molar-refractivity contribution in [3.05, 3.63) is 29.3 Å². The summed E-state index contributed by atoms with van der Waals surface area (Å²) in [5.74, 6) is 0. The van der Waals surface area contributed by atoms with Gasteiger partial charge in [0.25, 0.3) is 6.43 Å². The number of nitrogens with one attached hydrogen (secondary N) is 1. The van der Waals surface area contributed by atoms with E-state index in [2.05, 4.69) is 0 Å².